The van der Waals surface area contributed by atoms with Crippen LogP contribution in [-0.2, 0) is 19.9 Å². The predicted octanol–water partition coefficient (Wildman–Crippen LogP) is -0.356. The second kappa shape index (κ2) is 6.31. The van der Waals surface area contributed by atoms with E-state index in [1.807, 2.05) is 6.92 Å². The molecule has 0 aliphatic carbocycles. The summed E-state index contributed by atoms with van der Waals surface area (Å²) in [5.41, 5.74) is 0. The molecule has 6 nitrogen and oxygen atoms in total. The van der Waals surface area contributed by atoms with Crippen molar-refractivity contribution in [3.05, 3.63) is 0 Å². The van der Waals surface area contributed by atoms with Crippen LogP contribution in [0.5, 0.6) is 0 Å². The lowest BCUT2D eigenvalue weighted by molar-refractivity contribution is 0.270. The second-order valence-corrected chi connectivity index (χ2v) is 8.93. The monoisotopic (exact) mass is 299 g/mol. The fourth-order valence-electron chi connectivity index (χ4n) is 2.01. The summed E-state index contributed by atoms with van der Waals surface area (Å²) in [6.45, 7) is 1.77. The fraction of sp³-hybridized carbons (Fsp3) is 1.00. The van der Waals surface area contributed by atoms with Gasteiger partial charge in [0.05, 0.1) is 16.8 Å². The van der Waals surface area contributed by atoms with E-state index in [-0.39, 0.29) is 37.0 Å². The normalized spacial score (nSPS) is 22.8. The van der Waals surface area contributed by atoms with Crippen molar-refractivity contribution in [3.8, 4) is 0 Å². The zero-order chi connectivity index (χ0) is 13.8. The van der Waals surface area contributed by atoms with Crippen molar-refractivity contribution in [2.75, 3.05) is 18.1 Å². The Labute approximate surface area is 109 Å². The van der Waals surface area contributed by atoms with Crippen LogP contribution in [0.1, 0.15) is 32.6 Å². The summed E-state index contributed by atoms with van der Waals surface area (Å²) in [6, 6.07) is -0.279. The smallest absolute Gasteiger partial charge is 0.214 e. The molecule has 0 aromatic heterocycles. The Hall–Kier alpha value is -0.180. The molecule has 1 fully saturated rings. The van der Waals surface area contributed by atoms with Crippen LogP contribution < -0.4 is 4.72 Å². The van der Waals surface area contributed by atoms with Crippen molar-refractivity contribution in [1.82, 2.24) is 4.72 Å². The predicted molar refractivity (Wildman–Crippen MR) is 69.5 cm³/mol. The molecular weight excluding hydrogens is 278 g/mol. The zero-order valence-electron chi connectivity index (χ0n) is 10.5. The molecule has 0 spiro atoms. The standard InChI is InChI=1S/C10H21NO5S2/c1-2-9(3-6-12)11-18(15,16)10-4-7-17(13,14)8-5-10/h9-12H,2-8H2,1H3. The van der Waals surface area contributed by atoms with Crippen LogP contribution >= 0.6 is 0 Å². The molecule has 1 atom stereocenters. The van der Waals surface area contributed by atoms with Crippen LogP contribution in [0, 0.1) is 0 Å². The zero-order valence-corrected chi connectivity index (χ0v) is 12.1. The third-order valence-electron chi connectivity index (χ3n) is 3.24. The molecule has 0 aromatic rings. The SMILES string of the molecule is CCC(CCO)NS(=O)(=O)C1CCS(=O)(=O)CC1. The first kappa shape index (κ1) is 15.9. The van der Waals surface area contributed by atoms with Gasteiger partial charge in [0.2, 0.25) is 10.0 Å². The molecule has 0 bridgehead atoms. The summed E-state index contributed by atoms with van der Waals surface area (Å²) in [4.78, 5) is 0. The number of sulfone groups is 1. The molecule has 0 saturated carbocycles. The minimum Gasteiger partial charge on any atom is -0.396 e. The molecule has 1 aliphatic rings. The Bertz CT molecular complexity index is 443. The summed E-state index contributed by atoms with van der Waals surface area (Å²) in [5, 5.41) is 8.20. The van der Waals surface area contributed by atoms with Crippen LogP contribution in [-0.4, -0.2) is 51.3 Å². The number of rotatable bonds is 6. The van der Waals surface area contributed by atoms with Crippen molar-refractivity contribution < 1.29 is 21.9 Å². The number of sulfonamides is 1. The second-order valence-electron chi connectivity index (χ2n) is 4.63. The largest absolute Gasteiger partial charge is 0.396 e. The van der Waals surface area contributed by atoms with E-state index in [1.165, 1.54) is 0 Å². The van der Waals surface area contributed by atoms with Gasteiger partial charge < -0.3 is 5.11 Å². The van der Waals surface area contributed by atoms with Crippen LogP contribution in [0.15, 0.2) is 0 Å². The number of hydrogen-bond acceptors (Lipinski definition) is 5. The number of aliphatic hydroxyl groups excluding tert-OH is 1. The van der Waals surface area contributed by atoms with Gasteiger partial charge in [-0.15, -0.1) is 0 Å². The highest BCUT2D eigenvalue weighted by molar-refractivity contribution is 7.92. The van der Waals surface area contributed by atoms with E-state index in [0.717, 1.165) is 0 Å². The van der Waals surface area contributed by atoms with Crippen LogP contribution in [0.3, 0.4) is 0 Å². The maximum Gasteiger partial charge on any atom is 0.214 e. The van der Waals surface area contributed by atoms with Gasteiger partial charge in [-0.1, -0.05) is 6.92 Å². The first-order chi connectivity index (χ1) is 8.30. The van der Waals surface area contributed by atoms with Crippen molar-refractivity contribution in [2.24, 2.45) is 0 Å². The first-order valence-corrected chi connectivity index (χ1v) is 9.50. The lowest BCUT2D eigenvalue weighted by Gasteiger charge is -2.25. The van der Waals surface area contributed by atoms with Gasteiger partial charge in [0.1, 0.15) is 9.84 Å². The van der Waals surface area contributed by atoms with Gasteiger partial charge in [0.15, 0.2) is 0 Å². The summed E-state index contributed by atoms with van der Waals surface area (Å²) in [7, 11) is -6.55. The number of hydrogen-bond donors (Lipinski definition) is 2. The van der Waals surface area contributed by atoms with Gasteiger partial charge in [-0.2, -0.15) is 0 Å². The summed E-state index contributed by atoms with van der Waals surface area (Å²) < 4.78 is 49.2. The molecule has 1 aliphatic heterocycles. The molecule has 0 amide bonds. The first-order valence-electron chi connectivity index (χ1n) is 6.13. The van der Waals surface area contributed by atoms with Crippen LogP contribution in [0.25, 0.3) is 0 Å². The maximum atomic E-state index is 12.1. The number of nitrogens with one attached hydrogen (secondary N) is 1. The van der Waals surface area contributed by atoms with Crippen molar-refractivity contribution in [2.45, 2.75) is 43.9 Å². The molecule has 108 valence electrons. The molecule has 1 heterocycles. The molecule has 0 aromatic carbocycles. The molecule has 18 heavy (non-hydrogen) atoms. The van der Waals surface area contributed by atoms with E-state index in [2.05, 4.69) is 4.72 Å². The third-order valence-corrected chi connectivity index (χ3v) is 6.97. The van der Waals surface area contributed by atoms with Gasteiger partial charge in [-0.05, 0) is 25.7 Å². The van der Waals surface area contributed by atoms with Crippen LogP contribution in [0.4, 0.5) is 0 Å². The highest BCUT2D eigenvalue weighted by Gasteiger charge is 2.33. The van der Waals surface area contributed by atoms with Gasteiger partial charge in [-0.3, -0.25) is 0 Å². The summed E-state index contributed by atoms with van der Waals surface area (Å²) >= 11 is 0. The molecule has 1 unspecified atom stereocenters. The highest BCUT2D eigenvalue weighted by Crippen LogP contribution is 2.19. The Morgan fingerprint density at radius 2 is 1.89 bits per heavy atom. The average Bonchev–Trinajstić information content (AvgIpc) is 2.27. The van der Waals surface area contributed by atoms with Gasteiger partial charge in [-0.25, -0.2) is 21.6 Å². The van der Waals surface area contributed by atoms with Crippen molar-refractivity contribution in [1.29, 1.82) is 0 Å². The van der Waals surface area contributed by atoms with E-state index in [1.54, 1.807) is 0 Å². The summed E-state index contributed by atoms with van der Waals surface area (Å²) in [6.07, 6.45) is 1.30. The minimum absolute atomic E-state index is 0.0602. The van der Waals surface area contributed by atoms with Gasteiger partial charge in [0, 0.05) is 12.6 Å². The van der Waals surface area contributed by atoms with Gasteiger partial charge in [0.25, 0.3) is 0 Å². The van der Waals surface area contributed by atoms with E-state index in [9.17, 15) is 16.8 Å². The summed E-state index contributed by atoms with van der Waals surface area (Å²) in [5.74, 6) is -0.120. The maximum absolute atomic E-state index is 12.1. The molecule has 0 radical (unpaired) electrons. The van der Waals surface area contributed by atoms with E-state index in [4.69, 9.17) is 5.11 Å². The van der Waals surface area contributed by atoms with Crippen LogP contribution in [0.2, 0.25) is 0 Å². The minimum atomic E-state index is -3.49. The molecule has 1 saturated heterocycles. The molecule has 1 rings (SSSR count). The number of aliphatic hydroxyl groups is 1. The quantitative estimate of drug-likeness (QED) is 0.698. The fourth-order valence-corrected chi connectivity index (χ4v) is 5.60. The van der Waals surface area contributed by atoms with Crippen molar-refractivity contribution >= 4 is 19.9 Å². The molecule has 8 heteroatoms. The lowest BCUT2D eigenvalue weighted by atomic mass is 10.2. The molecular formula is C10H21NO5S2. The van der Waals surface area contributed by atoms with E-state index < -0.39 is 25.1 Å². The third kappa shape index (κ3) is 4.49. The topological polar surface area (TPSA) is 101 Å². The molecule has 2 N–H and O–H groups in total. The van der Waals surface area contributed by atoms with E-state index in [0.29, 0.717) is 12.8 Å². The average molecular weight is 299 g/mol. The lowest BCUT2D eigenvalue weighted by Crippen LogP contribution is -2.44. The Balaban J connectivity index is 2.64. The Morgan fingerprint density at radius 1 is 1.33 bits per heavy atom. The Kier molecular flexibility index (Phi) is 5.57. The van der Waals surface area contributed by atoms with Gasteiger partial charge >= 0.3 is 0 Å². The highest BCUT2D eigenvalue weighted by atomic mass is 32.2. The Morgan fingerprint density at radius 3 is 2.33 bits per heavy atom. The van der Waals surface area contributed by atoms with Crippen molar-refractivity contribution in [3.63, 3.8) is 0 Å². The van der Waals surface area contributed by atoms with E-state index >= 15 is 0 Å².